The highest BCUT2D eigenvalue weighted by atomic mass is 79.9. The van der Waals surface area contributed by atoms with Crippen molar-refractivity contribution in [3.05, 3.63) is 32.8 Å². The third-order valence-corrected chi connectivity index (χ3v) is 3.79. The average Bonchev–Trinajstić information content (AvgIpc) is 2.44. The van der Waals surface area contributed by atoms with E-state index in [1.807, 2.05) is 0 Å². The number of benzene rings is 1. The molecule has 0 aliphatic rings. The lowest BCUT2D eigenvalue weighted by molar-refractivity contribution is -0.385. The van der Waals surface area contributed by atoms with Crippen LogP contribution in [0.3, 0.4) is 0 Å². The summed E-state index contributed by atoms with van der Waals surface area (Å²) in [4.78, 5) is 21.8. The lowest BCUT2D eigenvalue weighted by Crippen LogP contribution is -2.51. The van der Waals surface area contributed by atoms with Crippen LogP contribution in [0.2, 0.25) is 0 Å². The number of carbonyl (C=O) groups excluding carboxylic acids is 1. The Balaban J connectivity index is 2.61. The van der Waals surface area contributed by atoms with E-state index in [1.54, 1.807) is 20.0 Å². The van der Waals surface area contributed by atoms with Gasteiger partial charge in [-0.15, -0.1) is 0 Å². The van der Waals surface area contributed by atoms with E-state index in [1.165, 1.54) is 12.1 Å². The Kier molecular flexibility index (Phi) is 6.10. The largest absolute Gasteiger partial charge is 0.487 e. The fraction of sp³-hybridized carbons (Fsp3) is 0.462. The molecule has 1 aromatic rings. The molecule has 8 heteroatoms. The van der Waals surface area contributed by atoms with E-state index in [2.05, 4.69) is 21.2 Å². The lowest BCUT2D eigenvalue weighted by Gasteiger charge is -2.25. The predicted molar refractivity (Wildman–Crippen MR) is 82.2 cm³/mol. The van der Waals surface area contributed by atoms with Gasteiger partial charge < -0.3 is 15.8 Å². The number of nitrogens with two attached hydrogens (primary N) is 1. The first-order valence-corrected chi connectivity index (χ1v) is 7.15. The molecule has 1 atom stereocenters. The monoisotopic (exact) mass is 359 g/mol. The van der Waals surface area contributed by atoms with E-state index in [9.17, 15) is 14.9 Å². The van der Waals surface area contributed by atoms with Gasteiger partial charge in [-0.25, -0.2) is 0 Å². The van der Waals surface area contributed by atoms with Crippen LogP contribution in [0.25, 0.3) is 0 Å². The molecule has 1 amide bonds. The van der Waals surface area contributed by atoms with Gasteiger partial charge in [-0.05, 0) is 38.9 Å². The van der Waals surface area contributed by atoms with Crippen molar-refractivity contribution >= 4 is 27.5 Å². The van der Waals surface area contributed by atoms with Crippen LogP contribution in [0.4, 0.5) is 5.69 Å². The molecule has 0 spiro atoms. The summed E-state index contributed by atoms with van der Waals surface area (Å²) in [6.45, 7) is 1.96. The second-order valence-electron chi connectivity index (χ2n) is 4.77. The van der Waals surface area contributed by atoms with Gasteiger partial charge in [0.2, 0.25) is 5.91 Å². The molecule has 116 valence electrons. The summed E-state index contributed by atoms with van der Waals surface area (Å²) in [6.07, 6.45) is 1.01. The van der Waals surface area contributed by atoms with E-state index >= 15 is 0 Å². The number of primary amides is 1. The second kappa shape index (κ2) is 7.37. The van der Waals surface area contributed by atoms with Crippen molar-refractivity contribution in [1.82, 2.24) is 5.32 Å². The Labute approximate surface area is 131 Å². The van der Waals surface area contributed by atoms with Gasteiger partial charge in [-0.3, -0.25) is 14.9 Å². The molecule has 0 radical (unpaired) electrons. The zero-order valence-electron chi connectivity index (χ0n) is 11.9. The Hall–Kier alpha value is -1.67. The molecule has 0 bridgehead atoms. The number of likely N-dealkylation sites (N-methyl/N-ethyl adjacent to an activating group) is 1. The number of hydrogen-bond donors (Lipinski definition) is 2. The molecule has 1 rings (SSSR count). The van der Waals surface area contributed by atoms with Gasteiger partial charge in [-0.2, -0.15) is 0 Å². The van der Waals surface area contributed by atoms with Crippen LogP contribution in [-0.4, -0.2) is 30.0 Å². The van der Waals surface area contributed by atoms with Crippen molar-refractivity contribution in [2.24, 2.45) is 5.73 Å². The Bertz CT molecular complexity index is 538. The Morgan fingerprint density at radius 3 is 2.76 bits per heavy atom. The van der Waals surface area contributed by atoms with E-state index < -0.39 is 16.4 Å². The Morgan fingerprint density at radius 1 is 1.57 bits per heavy atom. The van der Waals surface area contributed by atoms with E-state index in [-0.39, 0.29) is 18.0 Å². The molecule has 0 aliphatic heterocycles. The van der Waals surface area contributed by atoms with Crippen molar-refractivity contribution in [1.29, 1.82) is 0 Å². The number of hydrogen-bond acceptors (Lipinski definition) is 5. The maximum Gasteiger partial charge on any atom is 0.312 e. The maximum atomic E-state index is 11.3. The third kappa shape index (κ3) is 4.68. The summed E-state index contributed by atoms with van der Waals surface area (Å²) < 4.78 is 6.04. The maximum absolute atomic E-state index is 11.3. The minimum atomic E-state index is -0.811. The summed E-state index contributed by atoms with van der Waals surface area (Å²) in [7, 11) is 1.66. The van der Waals surface area contributed by atoms with Gasteiger partial charge in [0.25, 0.3) is 0 Å². The molecule has 0 aliphatic carbocycles. The van der Waals surface area contributed by atoms with Crippen LogP contribution in [0.1, 0.15) is 19.8 Å². The van der Waals surface area contributed by atoms with Gasteiger partial charge in [0.1, 0.15) is 0 Å². The minimum absolute atomic E-state index is 0.101. The number of nitrogens with zero attached hydrogens (tertiary/aromatic N) is 1. The van der Waals surface area contributed by atoms with Gasteiger partial charge in [0.05, 0.1) is 17.1 Å². The first-order valence-electron chi connectivity index (χ1n) is 6.35. The number of nitro groups is 1. The molecular formula is C13H18BrN3O4. The molecule has 0 saturated heterocycles. The smallest absolute Gasteiger partial charge is 0.312 e. The molecule has 3 N–H and O–H groups in total. The molecule has 7 nitrogen and oxygen atoms in total. The molecule has 1 aromatic carbocycles. The number of nitro benzene ring substituents is 1. The van der Waals surface area contributed by atoms with Crippen LogP contribution in [-0.2, 0) is 4.79 Å². The molecular weight excluding hydrogens is 342 g/mol. The predicted octanol–water partition coefficient (Wildman–Crippen LogP) is 1.98. The second-order valence-corrected chi connectivity index (χ2v) is 5.68. The topological polar surface area (TPSA) is 107 Å². The minimum Gasteiger partial charge on any atom is -0.487 e. The first kappa shape index (κ1) is 17.4. The average molecular weight is 360 g/mol. The standard InChI is InChI=1S/C13H18BrN3O4/c1-13(16-2,12(15)18)6-3-7-21-11-5-4-9(14)8-10(11)17(19)20/h4-5,8,16H,3,6-7H2,1-2H3,(H2,15,18). The SMILES string of the molecule is CNC(C)(CCCOc1ccc(Br)cc1[N+](=O)[O-])C(N)=O. The van der Waals surface area contributed by atoms with Crippen LogP contribution >= 0.6 is 15.9 Å². The molecule has 0 aromatic heterocycles. The normalized spacial score (nSPS) is 13.5. The highest BCUT2D eigenvalue weighted by molar-refractivity contribution is 9.10. The number of carbonyl (C=O) groups is 1. The lowest BCUT2D eigenvalue weighted by atomic mass is 9.95. The Morgan fingerprint density at radius 2 is 2.24 bits per heavy atom. The van der Waals surface area contributed by atoms with Crippen LogP contribution in [0.5, 0.6) is 5.75 Å². The number of amides is 1. The summed E-state index contributed by atoms with van der Waals surface area (Å²) in [6, 6.07) is 4.59. The third-order valence-electron chi connectivity index (χ3n) is 3.29. The molecule has 1 unspecified atom stereocenters. The van der Waals surface area contributed by atoms with E-state index in [0.29, 0.717) is 17.3 Å². The van der Waals surface area contributed by atoms with Crippen LogP contribution in [0.15, 0.2) is 22.7 Å². The zero-order chi connectivity index (χ0) is 16.0. The van der Waals surface area contributed by atoms with Gasteiger partial charge in [0.15, 0.2) is 5.75 Å². The van der Waals surface area contributed by atoms with E-state index in [4.69, 9.17) is 10.5 Å². The highest BCUT2D eigenvalue weighted by Gasteiger charge is 2.28. The summed E-state index contributed by atoms with van der Waals surface area (Å²) in [5.41, 5.74) is 4.41. The van der Waals surface area contributed by atoms with Crippen molar-refractivity contribution in [2.75, 3.05) is 13.7 Å². The van der Waals surface area contributed by atoms with E-state index in [0.717, 1.165) is 0 Å². The molecule has 0 saturated carbocycles. The highest BCUT2D eigenvalue weighted by Crippen LogP contribution is 2.30. The summed E-state index contributed by atoms with van der Waals surface area (Å²) >= 11 is 3.18. The van der Waals surface area contributed by atoms with Gasteiger partial charge in [0, 0.05) is 10.5 Å². The van der Waals surface area contributed by atoms with Crippen molar-refractivity contribution in [3.63, 3.8) is 0 Å². The van der Waals surface area contributed by atoms with Gasteiger partial charge in [-0.1, -0.05) is 15.9 Å². The fourth-order valence-corrected chi connectivity index (χ4v) is 2.08. The zero-order valence-corrected chi connectivity index (χ0v) is 13.5. The van der Waals surface area contributed by atoms with Crippen LogP contribution < -0.4 is 15.8 Å². The fourth-order valence-electron chi connectivity index (χ4n) is 1.73. The number of nitrogens with one attached hydrogen (secondary N) is 1. The van der Waals surface area contributed by atoms with Gasteiger partial charge >= 0.3 is 5.69 Å². The molecule has 0 heterocycles. The van der Waals surface area contributed by atoms with Crippen molar-refractivity contribution < 1.29 is 14.5 Å². The van der Waals surface area contributed by atoms with Crippen LogP contribution in [0, 0.1) is 10.1 Å². The number of halogens is 1. The summed E-state index contributed by atoms with van der Waals surface area (Å²) in [5, 5.41) is 13.8. The van der Waals surface area contributed by atoms with Crippen molar-refractivity contribution in [3.8, 4) is 5.75 Å². The number of ether oxygens (including phenoxy) is 1. The number of rotatable bonds is 8. The quantitative estimate of drug-likeness (QED) is 0.419. The first-order chi connectivity index (χ1) is 9.80. The molecule has 21 heavy (non-hydrogen) atoms. The van der Waals surface area contributed by atoms with Crippen molar-refractivity contribution in [2.45, 2.75) is 25.3 Å². The molecule has 0 fully saturated rings. The summed E-state index contributed by atoms with van der Waals surface area (Å²) in [5.74, 6) is -0.243.